The second-order valence-corrected chi connectivity index (χ2v) is 8.48. The Morgan fingerprint density at radius 1 is 1.23 bits per heavy atom. The van der Waals surface area contributed by atoms with Crippen LogP contribution in [0.15, 0.2) is 23.1 Å². The van der Waals surface area contributed by atoms with Crippen LogP contribution in [0.5, 0.6) is 5.75 Å². The van der Waals surface area contributed by atoms with Gasteiger partial charge in [0.2, 0.25) is 5.43 Å². The molecule has 5 rings (SSSR count). The van der Waals surface area contributed by atoms with Crippen LogP contribution in [0.25, 0.3) is 0 Å². The summed E-state index contributed by atoms with van der Waals surface area (Å²) >= 11 is 0. The topological polar surface area (TPSA) is 91.6 Å². The molecule has 2 amide bonds. The van der Waals surface area contributed by atoms with Crippen molar-refractivity contribution in [3.8, 4) is 5.75 Å². The average Bonchev–Trinajstić information content (AvgIpc) is 3.27. The van der Waals surface area contributed by atoms with Crippen LogP contribution in [0, 0.1) is 23.4 Å². The quantitative estimate of drug-likeness (QED) is 0.774. The smallest absolute Gasteiger partial charge is 0.275 e. The number of piperidine rings is 1. The number of nitrogens with zero attached hydrogens (tertiary/aromatic N) is 2. The van der Waals surface area contributed by atoms with Crippen LogP contribution in [0.4, 0.5) is 13.2 Å². The maximum Gasteiger partial charge on any atom is 0.275 e. The molecular weight excluding hydrogens is 415 g/mol. The minimum atomic E-state index is -1.18. The Morgan fingerprint density at radius 3 is 2.61 bits per heavy atom. The zero-order valence-corrected chi connectivity index (χ0v) is 16.3. The summed E-state index contributed by atoms with van der Waals surface area (Å²) in [6, 6.07) is 0.967. The highest BCUT2D eigenvalue weighted by atomic mass is 19.1. The molecule has 0 radical (unpaired) electrons. The van der Waals surface area contributed by atoms with Gasteiger partial charge in [-0.2, -0.15) is 0 Å². The zero-order valence-electron chi connectivity index (χ0n) is 16.3. The first-order valence-corrected chi connectivity index (χ1v) is 9.90. The minimum absolute atomic E-state index is 0.157. The molecule has 1 saturated carbocycles. The molecule has 7 nitrogen and oxygen atoms in total. The van der Waals surface area contributed by atoms with Crippen molar-refractivity contribution in [1.29, 1.82) is 0 Å². The second-order valence-electron chi connectivity index (χ2n) is 8.48. The Morgan fingerprint density at radius 2 is 1.94 bits per heavy atom. The molecule has 2 aliphatic heterocycles. The van der Waals surface area contributed by atoms with Gasteiger partial charge in [0.15, 0.2) is 11.4 Å². The highest BCUT2D eigenvalue weighted by molar-refractivity contribution is 5.99. The van der Waals surface area contributed by atoms with Crippen LogP contribution in [0.3, 0.4) is 0 Å². The van der Waals surface area contributed by atoms with Crippen LogP contribution < -0.4 is 10.7 Å². The molecule has 162 valence electrons. The molecule has 3 aliphatic rings. The highest BCUT2D eigenvalue weighted by Crippen LogP contribution is 2.50. The molecule has 31 heavy (non-hydrogen) atoms. The number of aromatic hydroxyl groups is 1. The van der Waals surface area contributed by atoms with Crippen molar-refractivity contribution in [2.75, 3.05) is 6.54 Å². The number of hydrogen-bond acceptors (Lipinski definition) is 4. The van der Waals surface area contributed by atoms with E-state index in [1.165, 1.54) is 10.8 Å². The van der Waals surface area contributed by atoms with Gasteiger partial charge < -0.3 is 19.9 Å². The molecular formula is C21H18F3N3O4. The van der Waals surface area contributed by atoms with Crippen LogP contribution in [-0.4, -0.2) is 38.5 Å². The normalized spacial score (nSPS) is 23.6. The third-order valence-corrected chi connectivity index (χ3v) is 6.64. The first-order chi connectivity index (χ1) is 14.7. The summed E-state index contributed by atoms with van der Waals surface area (Å²) in [5.41, 5.74) is -2.60. The molecule has 1 saturated heterocycles. The van der Waals surface area contributed by atoms with Gasteiger partial charge in [-0.1, -0.05) is 0 Å². The SMILES string of the molecule is O=C(NCc1c(F)cc(F)cc1F)c1cn2c(c(O)c1=O)C(=O)N1C[C@H]3CC[C@@]1(C3)C2. The van der Waals surface area contributed by atoms with E-state index in [2.05, 4.69) is 5.32 Å². The predicted octanol–water partition coefficient (Wildman–Crippen LogP) is 1.91. The fourth-order valence-electron chi connectivity index (χ4n) is 5.20. The molecule has 1 aromatic carbocycles. The number of fused-ring (bicyclic) bond motifs is 2. The first-order valence-electron chi connectivity index (χ1n) is 9.90. The molecule has 10 heteroatoms. The van der Waals surface area contributed by atoms with Crippen molar-refractivity contribution in [3.05, 3.63) is 62.8 Å². The molecule has 3 heterocycles. The fraction of sp³-hybridized carbons (Fsp3) is 0.381. The van der Waals surface area contributed by atoms with E-state index in [9.17, 15) is 32.7 Å². The summed E-state index contributed by atoms with van der Waals surface area (Å²) < 4.78 is 42.1. The van der Waals surface area contributed by atoms with E-state index in [-0.39, 0.29) is 11.2 Å². The van der Waals surface area contributed by atoms with Crippen molar-refractivity contribution < 1.29 is 27.9 Å². The second kappa shape index (κ2) is 6.60. The first kappa shape index (κ1) is 19.7. The Labute approximate surface area is 174 Å². The Kier molecular flexibility index (Phi) is 4.18. The van der Waals surface area contributed by atoms with Gasteiger partial charge in [0, 0.05) is 43.5 Å². The molecule has 2 fully saturated rings. The van der Waals surface area contributed by atoms with Gasteiger partial charge in [0.1, 0.15) is 23.0 Å². The van der Waals surface area contributed by atoms with E-state index in [0.717, 1.165) is 19.3 Å². The molecule has 2 N–H and O–H groups in total. The molecule has 1 aromatic heterocycles. The number of benzene rings is 1. The Bertz CT molecular complexity index is 1190. The maximum absolute atomic E-state index is 13.8. The lowest BCUT2D eigenvalue weighted by atomic mass is 9.93. The number of rotatable bonds is 3. The van der Waals surface area contributed by atoms with Crippen molar-refractivity contribution in [2.24, 2.45) is 5.92 Å². The van der Waals surface area contributed by atoms with Gasteiger partial charge >= 0.3 is 0 Å². The lowest BCUT2D eigenvalue weighted by Crippen LogP contribution is -2.55. The molecule has 1 aliphatic carbocycles. The predicted molar refractivity (Wildman–Crippen MR) is 101 cm³/mol. The largest absolute Gasteiger partial charge is 0.503 e. The Hall–Kier alpha value is -3.30. The van der Waals surface area contributed by atoms with Crippen molar-refractivity contribution in [2.45, 2.75) is 37.9 Å². The van der Waals surface area contributed by atoms with E-state index in [0.29, 0.717) is 31.1 Å². The Balaban J connectivity index is 1.46. The molecule has 1 spiro atoms. The standard InChI is InChI=1S/C21H18F3N3O4/c22-11-3-14(23)12(15(24)4-11)6-25-19(30)13-8-26-9-21-2-1-10(5-21)7-27(21)20(31)16(26)18(29)17(13)28/h3-4,8,10,29H,1-2,5-7,9H2,(H,25,30)/t10-,21+/m0/s1. The van der Waals surface area contributed by atoms with Crippen LogP contribution in [0.2, 0.25) is 0 Å². The van der Waals surface area contributed by atoms with E-state index in [1.54, 1.807) is 4.90 Å². The number of halogens is 3. The lowest BCUT2D eigenvalue weighted by molar-refractivity contribution is 0.0397. The van der Waals surface area contributed by atoms with Crippen LogP contribution in [0.1, 0.15) is 45.7 Å². The monoisotopic (exact) mass is 433 g/mol. The van der Waals surface area contributed by atoms with Gasteiger partial charge in [0.25, 0.3) is 11.8 Å². The van der Waals surface area contributed by atoms with Crippen LogP contribution >= 0.6 is 0 Å². The van der Waals surface area contributed by atoms with E-state index >= 15 is 0 Å². The number of pyridine rings is 1. The van der Waals surface area contributed by atoms with Gasteiger partial charge in [-0.05, 0) is 25.2 Å². The summed E-state index contributed by atoms with van der Waals surface area (Å²) in [5, 5.41) is 12.6. The molecule has 2 bridgehead atoms. The summed E-state index contributed by atoms with van der Waals surface area (Å²) in [7, 11) is 0. The van der Waals surface area contributed by atoms with E-state index in [1.807, 2.05) is 0 Å². The van der Waals surface area contributed by atoms with Crippen LogP contribution in [-0.2, 0) is 13.1 Å². The summed E-state index contributed by atoms with van der Waals surface area (Å²) in [6.45, 7) is 0.306. The third-order valence-electron chi connectivity index (χ3n) is 6.64. The highest BCUT2D eigenvalue weighted by Gasteiger charge is 2.56. The van der Waals surface area contributed by atoms with Crippen molar-refractivity contribution in [3.63, 3.8) is 0 Å². The van der Waals surface area contributed by atoms with Crippen molar-refractivity contribution in [1.82, 2.24) is 14.8 Å². The summed E-state index contributed by atoms with van der Waals surface area (Å²) in [6.07, 6.45) is 3.84. The van der Waals surface area contributed by atoms with Crippen molar-refractivity contribution >= 4 is 11.8 Å². The van der Waals surface area contributed by atoms with Gasteiger partial charge in [-0.3, -0.25) is 14.4 Å². The number of nitrogens with one attached hydrogen (secondary N) is 1. The number of aromatic nitrogens is 1. The number of carbonyl (C=O) groups is 2. The summed E-state index contributed by atoms with van der Waals surface area (Å²) in [4.78, 5) is 39.8. The van der Waals surface area contributed by atoms with Gasteiger partial charge in [-0.25, -0.2) is 13.2 Å². The van der Waals surface area contributed by atoms with Gasteiger partial charge in [-0.15, -0.1) is 0 Å². The molecule has 0 unspecified atom stereocenters. The summed E-state index contributed by atoms with van der Waals surface area (Å²) in [5.74, 6) is -5.30. The minimum Gasteiger partial charge on any atom is -0.503 e. The third kappa shape index (κ3) is 2.84. The molecule has 2 aromatic rings. The fourth-order valence-corrected chi connectivity index (χ4v) is 5.20. The number of amides is 2. The maximum atomic E-state index is 13.8. The number of hydrogen-bond donors (Lipinski definition) is 2. The molecule has 2 atom stereocenters. The zero-order chi connectivity index (χ0) is 22.1. The van der Waals surface area contributed by atoms with E-state index in [4.69, 9.17) is 0 Å². The number of carbonyl (C=O) groups excluding carboxylic acids is 2. The lowest BCUT2D eigenvalue weighted by Gasteiger charge is -2.44. The van der Waals surface area contributed by atoms with Gasteiger partial charge in [0.05, 0.1) is 5.54 Å². The average molecular weight is 433 g/mol. The van der Waals surface area contributed by atoms with E-state index < -0.39 is 58.1 Å².